The fraction of sp³-hybridized carbons (Fsp3) is 0.378. The number of fused-ring (bicyclic) bond motifs is 2. The third kappa shape index (κ3) is 19.0. The largest absolute Gasteiger partial charge is 0.416 e. The summed E-state index contributed by atoms with van der Waals surface area (Å²) in [7, 11) is 0. The summed E-state index contributed by atoms with van der Waals surface area (Å²) in [5.74, 6) is -6.46. The van der Waals surface area contributed by atoms with Crippen LogP contribution in [0.3, 0.4) is 0 Å². The van der Waals surface area contributed by atoms with Gasteiger partial charge in [0.15, 0.2) is 10.3 Å². The van der Waals surface area contributed by atoms with Crippen molar-refractivity contribution >= 4 is 35.3 Å². The molecule has 0 radical (unpaired) electrons. The first-order valence-corrected chi connectivity index (χ1v) is 31.7. The summed E-state index contributed by atoms with van der Waals surface area (Å²) < 4.78 is 321. The smallest absolute Gasteiger partial charge is 0.336 e. The molecule has 0 fully saturated rings. The molecule has 1 atom stereocenters. The van der Waals surface area contributed by atoms with Crippen molar-refractivity contribution in [1.29, 1.82) is 0 Å². The summed E-state index contributed by atoms with van der Waals surface area (Å²) in [4.78, 5) is 67.4. The molecule has 1 unspecified atom stereocenters. The summed E-state index contributed by atoms with van der Waals surface area (Å²) in [5, 5.41) is -0.970. The second-order valence-corrected chi connectivity index (χ2v) is 23.0. The lowest BCUT2D eigenvalue weighted by atomic mass is 9.98. The first kappa shape index (κ1) is 46.3. The minimum absolute atomic E-state index is 0.000629. The third-order valence-corrected chi connectivity index (χ3v) is 16.7. The summed E-state index contributed by atoms with van der Waals surface area (Å²) in [6, 6.07) is 10.8. The van der Waals surface area contributed by atoms with E-state index in [2.05, 4.69) is 9.97 Å². The van der Waals surface area contributed by atoms with E-state index in [4.69, 9.17) is 30.2 Å². The average molecular weight is 1390 g/mol. The zero-order chi connectivity index (χ0) is 90.2. The van der Waals surface area contributed by atoms with Gasteiger partial charge in [-0.1, -0.05) is 149 Å². The van der Waals surface area contributed by atoms with Crippen LogP contribution >= 0.6 is 23.5 Å². The standard InChI is InChI=1S/2C37H40F4N4O2S/c1-4-43(5-2)18-19-44(22-26-6-10-28(11-7-26)29-12-14-30(15-13-29)37(39,40)41)34(46)23-45-33-21-25(3)20-32(33)35(47)42-36(45)48-24-27-8-16-31(38)17-9-27;1-4-43(5-2)19-20-44(22-29-12-11-28(21-25(29)3)27-13-15-30(16-14-27)37(39,40)41)34(46)23-45-33-8-6-7-32(33)35(47)42-36(45)48-24-26-9-17-31(38)18-10-26/h6-17,25H,4-5,18-24H2,1-3H3;9-18,21H,4-8,19-20,22-24H2,1-3H3/i18D2,19D2,20D2,21D2,24D2,25D;11D,12D,13D,14D,15D,16D,19D2,20D2,21D,24D2. The van der Waals surface area contributed by atoms with Crippen molar-refractivity contribution in [3.8, 4) is 22.3 Å². The Kier molecular flexibility index (Phi) is 15.9. The molecule has 0 N–H and O–H groups in total. The van der Waals surface area contributed by atoms with Gasteiger partial charge in [-0.2, -0.15) is 36.3 Å². The molecule has 22 heteroatoms. The van der Waals surface area contributed by atoms with Crippen molar-refractivity contribution in [3.63, 3.8) is 0 Å². The molecule has 2 amide bonds. The molecule has 96 heavy (non-hydrogen) atoms. The summed E-state index contributed by atoms with van der Waals surface area (Å²) >= 11 is 0.626. The molecule has 0 saturated carbocycles. The van der Waals surface area contributed by atoms with Crippen LogP contribution in [-0.2, 0) is 85.1 Å². The molecule has 2 aliphatic carbocycles. The van der Waals surface area contributed by atoms with Crippen LogP contribution in [0.2, 0.25) is 0 Å². The molecule has 2 aliphatic rings. The molecule has 2 aromatic heterocycles. The van der Waals surface area contributed by atoms with E-state index >= 15 is 0 Å². The van der Waals surface area contributed by atoms with Crippen molar-refractivity contribution in [2.45, 2.75) is 134 Å². The van der Waals surface area contributed by atoms with Gasteiger partial charge in [0.25, 0.3) is 11.1 Å². The van der Waals surface area contributed by atoms with Gasteiger partial charge in [-0.15, -0.1) is 0 Å². The van der Waals surface area contributed by atoms with Gasteiger partial charge in [0.1, 0.15) is 24.7 Å². The molecule has 12 nitrogen and oxygen atoms in total. The number of likely N-dealkylation sites (N-methyl/N-ethyl adjacent to an activating group) is 2. The molecule has 10 rings (SSSR count). The van der Waals surface area contributed by atoms with Crippen LogP contribution in [0, 0.1) is 24.5 Å². The highest BCUT2D eigenvalue weighted by atomic mass is 32.2. The molecule has 0 saturated heterocycles. The van der Waals surface area contributed by atoms with Crippen LogP contribution in [0.15, 0.2) is 159 Å². The van der Waals surface area contributed by atoms with Crippen LogP contribution in [0.5, 0.6) is 0 Å². The van der Waals surface area contributed by atoms with E-state index in [0.29, 0.717) is 43.7 Å². The van der Waals surface area contributed by atoms with Crippen molar-refractivity contribution in [3.05, 3.63) is 233 Å². The Labute approximate surface area is 597 Å². The van der Waals surface area contributed by atoms with Crippen molar-refractivity contribution in [2.75, 3.05) is 52.2 Å². The number of hydrogen-bond acceptors (Lipinski definition) is 10. The van der Waals surface area contributed by atoms with Crippen LogP contribution in [0.1, 0.15) is 135 Å². The molecule has 0 bridgehead atoms. The number of amides is 2. The fourth-order valence-corrected chi connectivity index (χ4v) is 11.2. The maximum Gasteiger partial charge on any atom is 0.416 e. The number of halogens is 8. The van der Waals surface area contributed by atoms with E-state index in [9.17, 15) is 57.0 Å². The minimum atomic E-state index is -5.30. The second-order valence-electron chi connectivity index (χ2n) is 21.5. The maximum absolute atomic E-state index is 14.8. The highest BCUT2D eigenvalue weighted by Gasteiger charge is 2.33. The van der Waals surface area contributed by atoms with Gasteiger partial charge in [-0.3, -0.25) is 19.2 Å². The first-order chi connectivity index (χ1) is 55.2. The van der Waals surface area contributed by atoms with Gasteiger partial charge >= 0.3 is 12.4 Å². The number of hydrogen-bond donors (Lipinski definition) is 0. The van der Waals surface area contributed by atoms with Gasteiger partial charge in [0.2, 0.25) is 11.8 Å². The topological polar surface area (TPSA) is 117 Å². The van der Waals surface area contributed by atoms with Crippen LogP contribution in [0.25, 0.3) is 22.3 Å². The quantitative estimate of drug-likeness (QED) is 0.0295. The van der Waals surface area contributed by atoms with Crippen LogP contribution in [-0.4, -0.2) is 103 Å². The van der Waals surface area contributed by atoms with Gasteiger partial charge in [-0.05, 0) is 170 Å². The molecular formula is C74H80F8N8O4S2. The number of benzene rings is 6. The number of carbonyl (C=O) groups is 2. The van der Waals surface area contributed by atoms with Gasteiger partial charge in [0.05, 0.1) is 26.2 Å². The van der Waals surface area contributed by atoms with Crippen molar-refractivity contribution in [2.24, 2.45) is 5.89 Å². The Morgan fingerprint density at radius 2 is 1.03 bits per heavy atom. The lowest BCUT2D eigenvalue weighted by Gasteiger charge is -2.28. The zero-order valence-corrected chi connectivity index (χ0v) is 54.2. The molecule has 0 aliphatic heterocycles. The van der Waals surface area contributed by atoms with E-state index in [1.807, 2.05) is 0 Å². The summed E-state index contributed by atoms with van der Waals surface area (Å²) in [6.07, 6.45) is -15.0. The maximum atomic E-state index is 14.8. The molecule has 6 aromatic carbocycles. The number of carbonyl (C=O) groups excluding carboxylic acids is 2. The van der Waals surface area contributed by atoms with E-state index in [-0.39, 0.29) is 95.0 Å². The van der Waals surface area contributed by atoms with E-state index in [1.54, 1.807) is 27.7 Å². The van der Waals surface area contributed by atoms with Crippen LogP contribution in [0.4, 0.5) is 35.1 Å². The Morgan fingerprint density at radius 3 is 1.53 bits per heavy atom. The highest BCUT2D eigenvalue weighted by molar-refractivity contribution is 7.98. The number of alkyl halides is 6. The number of nitrogens with zero attached hydrogens (tertiary/aromatic N) is 8. The predicted octanol–water partition coefficient (Wildman–Crippen LogP) is 15.0. The molecular weight excluding hydrogens is 1280 g/mol. The molecule has 8 aromatic rings. The van der Waals surface area contributed by atoms with Crippen LogP contribution < -0.4 is 11.1 Å². The normalized spacial score (nSPS) is 20.0. The van der Waals surface area contributed by atoms with Crippen molar-refractivity contribution in [1.82, 2.24) is 38.7 Å². The fourth-order valence-electron chi connectivity index (χ4n) is 9.70. The monoisotopic (exact) mass is 1380 g/mol. The number of aromatic nitrogens is 4. The van der Waals surface area contributed by atoms with Gasteiger partial charge in [0, 0.05) is 90.8 Å². The number of rotatable bonds is 26. The minimum Gasteiger partial charge on any atom is -0.336 e. The van der Waals surface area contributed by atoms with Gasteiger partial charge in [-0.25, -0.2) is 8.78 Å². The molecule has 508 valence electrons. The van der Waals surface area contributed by atoms with Gasteiger partial charge < -0.3 is 28.7 Å². The predicted molar refractivity (Wildman–Crippen MR) is 362 cm³/mol. The zero-order valence-electron chi connectivity index (χ0n) is 76.6. The highest BCUT2D eigenvalue weighted by Crippen LogP contribution is 2.35. The van der Waals surface area contributed by atoms with E-state index in [1.165, 1.54) is 60.0 Å². The lowest BCUT2D eigenvalue weighted by molar-refractivity contribution is -0.138. The Bertz CT molecular complexity index is 5300. The second kappa shape index (κ2) is 32.9. The Hall–Kier alpha value is -7.92. The Balaban J connectivity index is 0.000000273. The van der Waals surface area contributed by atoms with Crippen molar-refractivity contribution < 1.29 is 77.6 Å². The molecule has 2 heterocycles. The number of thioether (sulfide) groups is 2. The van der Waals surface area contributed by atoms with E-state index < -0.39 is 210 Å². The lowest BCUT2D eigenvalue weighted by Crippen LogP contribution is -2.40. The SMILES string of the molecule is [2H]C([2H])(Sc1nc(=O)c2c(n1CC(=O)N(Cc1ccc(-c3ccc(C(F)(F)F)cc3)cc1)C([2H])([2H])C([2H])([2H])N(CC)CC)C([2H])([2H])C([2H])(C)C2([2H])[2H])c1ccc(F)cc1.[2H]c1c([2H])c(-c2c([2H])c([2H])c(C(F)(F)F)c([2H])c2[2H])c([2H])c(C)c1CN(C(=O)Cn1c(SC([2H])([2H])c2ccc(F)cc2)nc(=O)c2c1CCC2)C([2H])([2H])C([2H])([2H])N(CC)CC. The summed E-state index contributed by atoms with van der Waals surface area (Å²) in [5.41, 5.74) is -12.2. The first-order valence-electron chi connectivity index (χ1n) is 42.0. The third-order valence-electron chi connectivity index (χ3n) is 15.0. The Morgan fingerprint density at radius 1 is 0.573 bits per heavy atom. The average Bonchev–Trinajstić information content (AvgIpc) is 1.52. The summed E-state index contributed by atoms with van der Waals surface area (Å²) in [6.45, 7) is -7.71. The van der Waals surface area contributed by atoms with E-state index in [0.717, 1.165) is 65.3 Å². The molecule has 0 spiro atoms.